The van der Waals surface area contributed by atoms with Crippen molar-refractivity contribution in [2.45, 2.75) is 39.0 Å². The lowest BCUT2D eigenvalue weighted by atomic mass is 10.1. The van der Waals surface area contributed by atoms with E-state index >= 15 is 0 Å². The number of alkyl halides is 3. The largest absolute Gasteiger partial charge is 0.465 e. The average molecular weight is 352 g/mol. The van der Waals surface area contributed by atoms with Gasteiger partial charge in [0.2, 0.25) is 10.6 Å². The first-order valence-electron chi connectivity index (χ1n) is 5.98. The van der Waals surface area contributed by atoms with E-state index in [1.165, 1.54) is 10.6 Å². The van der Waals surface area contributed by atoms with Crippen LogP contribution in [0.4, 0.5) is 13.2 Å². The van der Waals surface area contributed by atoms with Crippen molar-refractivity contribution < 1.29 is 17.9 Å². The summed E-state index contributed by atoms with van der Waals surface area (Å²) in [6.07, 6.45) is -6.35. The highest BCUT2D eigenvalue weighted by Gasteiger charge is 2.38. The lowest BCUT2D eigenvalue weighted by Crippen LogP contribution is -2.31. The van der Waals surface area contributed by atoms with E-state index in [1.807, 2.05) is 13.8 Å². The van der Waals surface area contributed by atoms with Crippen molar-refractivity contribution in [3.05, 3.63) is 22.4 Å². The van der Waals surface area contributed by atoms with Crippen molar-refractivity contribution in [1.82, 2.24) is 14.6 Å². The van der Waals surface area contributed by atoms with Crippen molar-refractivity contribution in [2.75, 3.05) is 0 Å². The van der Waals surface area contributed by atoms with Gasteiger partial charge in [-0.05, 0) is 40.4 Å². The van der Waals surface area contributed by atoms with Crippen LogP contribution < -0.4 is 4.74 Å². The van der Waals surface area contributed by atoms with Crippen LogP contribution in [0.3, 0.4) is 0 Å². The Morgan fingerprint density at radius 2 is 1.90 bits per heavy atom. The molecule has 0 aliphatic carbocycles. The van der Waals surface area contributed by atoms with Gasteiger partial charge in [-0.3, -0.25) is 0 Å². The zero-order valence-electron chi connectivity index (χ0n) is 11.1. The lowest BCUT2D eigenvalue weighted by Gasteiger charge is -2.18. The summed E-state index contributed by atoms with van der Waals surface area (Å²) in [6, 6.07) is 3.19. The quantitative estimate of drug-likeness (QED) is 0.840. The average Bonchev–Trinajstić information content (AvgIpc) is 2.69. The highest BCUT2D eigenvalue weighted by atomic mass is 79.9. The van der Waals surface area contributed by atoms with Crippen LogP contribution in [0.5, 0.6) is 5.88 Å². The first kappa shape index (κ1) is 15.1. The number of nitrogens with zero attached hydrogens (tertiary/aromatic N) is 3. The summed E-state index contributed by atoms with van der Waals surface area (Å²) in [5, 5.41) is 4.02. The number of aromatic nitrogens is 3. The van der Waals surface area contributed by atoms with Gasteiger partial charge in [-0.2, -0.15) is 17.7 Å². The molecule has 0 radical (unpaired) electrons. The minimum Gasteiger partial charge on any atom is -0.465 e. The molecule has 4 nitrogen and oxygen atoms in total. The van der Waals surface area contributed by atoms with E-state index in [4.69, 9.17) is 4.74 Å². The molecule has 0 fully saturated rings. The molecular formula is C12H13BrF3N3O. The molecule has 20 heavy (non-hydrogen) atoms. The standard InChI is InChI=1S/C12H13BrF3N3O/c1-6(2)8-4-5-9(20-7(3)12(14,15)16)19-10(8)17-11(13)18-19/h4-7H,1-3H3. The van der Waals surface area contributed by atoms with E-state index in [0.29, 0.717) is 10.4 Å². The zero-order valence-corrected chi connectivity index (χ0v) is 12.7. The van der Waals surface area contributed by atoms with Gasteiger partial charge in [0.15, 0.2) is 11.8 Å². The fourth-order valence-corrected chi connectivity index (χ4v) is 2.05. The number of hydrogen-bond donors (Lipinski definition) is 0. The Hall–Kier alpha value is -1.31. The molecule has 0 saturated heterocycles. The number of rotatable bonds is 3. The summed E-state index contributed by atoms with van der Waals surface area (Å²) >= 11 is 3.13. The van der Waals surface area contributed by atoms with Crippen molar-refractivity contribution >= 4 is 21.6 Å². The summed E-state index contributed by atoms with van der Waals surface area (Å²) in [5.74, 6) is 0.176. The van der Waals surface area contributed by atoms with Gasteiger partial charge in [-0.15, -0.1) is 5.10 Å². The molecule has 2 aromatic rings. The fraction of sp³-hybridized carbons (Fsp3) is 0.500. The molecule has 2 aromatic heterocycles. The van der Waals surface area contributed by atoms with Crippen LogP contribution in [0.25, 0.3) is 5.65 Å². The molecule has 0 N–H and O–H groups in total. The van der Waals surface area contributed by atoms with Gasteiger partial charge in [0.05, 0.1) is 0 Å². The molecule has 0 aromatic carbocycles. The third kappa shape index (κ3) is 2.89. The first-order valence-corrected chi connectivity index (χ1v) is 6.78. The molecule has 1 unspecified atom stereocenters. The molecule has 2 heterocycles. The summed E-state index contributed by atoms with van der Waals surface area (Å²) < 4.78 is 44.2. The number of halogens is 4. The summed E-state index contributed by atoms with van der Waals surface area (Å²) in [4.78, 5) is 4.17. The maximum atomic E-state index is 12.6. The molecule has 8 heteroatoms. The van der Waals surface area contributed by atoms with E-state index < -0.39 is 12.3 Å². The van der Waals surface area contributed by atoms with Gasteiger partial charge >= 0.3 is 6.18 Å². The van der Waals surface area contributed by atoms with Crippen LogP contribution in [0.2, 0.25) is 0 Å². The van der Waals surface area contributed by atoms with Gasteiger partial charge in [0.1, 0.15) is 0 Å². The summed E-state index contributed by atoms with van der Waals surface area (Å²) in [5.41, 5.74) is 1.37. The maximum absolute atomic E-state index is 12.6. The normalized spacial score (nSPS) is 14.0. The number of hydrogen-bond acceptors (Lipinski definition) is 3. The lowest BCUT2D eigenvalue weighted by molar-refractivity contribution is -0.190. The molecule has 0 amide bonds. The van der Waals surface area contributed by atoms with Crippen LogP contribution in [0.15, 0.2) is 16.9 Å². The van der Waals surface area contributed by atoms with E-state index in [9.17, 15) is 13.2 Å². The van der Waals surface area contributed by atoms with Crippen molar-refractivity contribution in [3.63, 3.8) is 0 Å². The molecular weight excluding hydrogens is 339 g/mol. The van der Waals surface area contributed by atoms with E-state index in [1.54, 1.807) is 6.07 Å². The smallest absolute Gasteiger partial charge is 0.425 e. The number of pyridine rings is 1. The Morgan fingerprint density at radius 3 is 2.45 bits per heavy atom. The molecule has 2 rings (SSSR count). The van der Waals surface area contributed by atoms with Crippen LogP contribution in [0.1, 0.15) is 32.3 Å². The first-order chi connectivity index (χ1) is 9.20. The predicted octanol–water partition coefficient (Wildman–Crippen LogP) is 3.94. The maximum Gasteiger partial charge on any atom is 0.425 e. The second-order valence-electron chi connectivity index (χ2n) is 4.70. The molecule has 110 valence electrons. The van der Waals surface area contributed by atoms with E-state index in [0.717, 1.165) is 12.5 Å². The van der Waals surface area contributed by atoms with Gasteiger partial charge < -0.3 is 4.74 Å². The molecule has 0 saturated carbocycles. The zero-order chi connectivity index (χ0) is 15.1. The molecule has 0 aliphatic rings. The van der Waals surface area contributed by atoms with Gasteiger partial charge in [-0.25, -0.2) is 4.98 Å². The topological polar surface area (TPSA) is 39.4 Å². The second kappa shape index (κ2) is 5.23. The van der Waals surface area contributed by atoms with Gasteiger partial charge in [-0.1, -0.05) is 13.8 Å². The van der Waals surface area contributed by atoms with Crippen LogP contribution in [0, 0.1) is 0 Å². The molecule has 0 aliphatic heterocycles. The Kier molecular flexibility index (Phi) is 3.95. The van der Waals surface area contributed by atoms with Crippen LogP contribution in [-0.4, -0.2) is 26.9 Å². The van der Waals surface area contributed by atoms with Crippen molar-refractivity contribution in [2.24, 2.45) is 0 Å². The summed E-state index contributed by atoms with van der Waals surface area (Å²) in [7, 11) is 0. The Labute approximate surface area is 122 Å². The molecule has 0 bridgehead atoms. The fourth-order valence-electron chi connectivity index (χ4n) is 1.72. The Balaban J connectivity index is 2.48. The van der Waals surface area contributed by atoms with Crippen molar-refractivity contribution in [1.29, 1.82) is 0 Å². The highest BCUT2D eigenvalue weighted by molar-refractivity contribution is 9.10. The molecule has 1 atom stereocenters. The van der Waals surface area contributed by atoms with Crippen LogP contribution >= 0.6 is 15.9 Å². The minimum atomic E-state index is -4.43. The number of ether oxygens (including phenoxy) is 1. The number of fused-ring (bicyclic) bond motifs is 1. The molecule has 0 spiro atoms. The third-order valence-corrected chi connectivity index (χ3v) is 3.17. The predicted molar refractivity (Wildman–Crippen MR) is 70.9 cm³/mol. The van der Waals surface area contributed by atoms with Crippen molar-refractivity contribution in [3.8, 4) is 5.88 Å². The Morgan fingerprint density at radius 1 is 1.25 bits per heavy atom. The van der Waals surface area contributed by atoms with Gasteiger partial charge in [0, 0.05) is 6.07 Å². The van der Waals surface area contributed by atoms with E-state index in [-0.39, 0.29) is 11.8 Å². The van der Waals surface area contributed by atoms with Crippen LogP contribution in [-0.2, 0) is 0 Å². The second-order valence-corrected chi connectivity index (χ2v) is 5.41. The summed E-state index contributed by atoms with van der Waals surface area (Å²) in [6.45, 7) is 4.89. The third-order valence-electron chi connectivity index (χ3n) is 2.83. The minimum absolute atomic E-state index is 0.00688. The SMILES string of the molecule is CC(C)c1ccc(OC(C)C(F)(F)F)n2nc(Br)nc12. The Bertz CT molecular complexity index is 624. The monoisotopic (exact) mass is 351 g/mol. The van der Waals surface area contributed by atoms with Gasteiger partial charge in [0.25, 0.3) is 0 Å². The van der Waals surface area contributed by atoms with E-state index in [2.05, 4.69) is 26.0 Å². The highest BCUT2D eigenvalue weighted by Crippen LogP contribution is 2.28.